The van der Waals surface area contributed by atoms with Crippen molar-refractivity contribution in [2.24, 2.45) is 29.6 Å². The van der Waals surface area contributed by atoms with E-state index in [0.717, 1.165) is 17.7 Å². The minimum Gasteiger partial charge on any atom is -0.456 e. The Labute approximate surface area is 362 Å². The number of halogens is 1. The maximum Gasteiger partial charge on any atom is 0.329 e. The largest absolute Gasteiger partial charge is 0.456 e. The third-order valence-corrected chi connectivity index (χ3v) is 13.8. The lowest BCUT2D eigenvalue weighted by Gasteiger charge is -2.47. The second-order valence-corrected chi connectivity index (χ2v) is 18.4. The number of allylic oxidation sites excluding steroid dienone is 3. The van der Waals surface area contributed by atoms with Crippen molar-refractivity contribution < 1.29 is 62.6 Å². The van der Waals surface area contributed by atoms with Gasteiger partial charge < -0.3 is 49.2 Å². The molecule has 1 amide bonds. The van der Waals surface area contributed by atoms with Gasteiger partial charge in [0.25, 0.3) is 11.7 Å². The number of piperidine rings is 1. The molecule has 0 spiro atoms. The van der Waals surface area contributed by atoms with Crippen molar-refractivity contribution in [2.45, 2.75) is 179 Å². The van der Waals surface area contributed by atoms with E-state index in [1.165, 1.54) is 14.2 Å². The first kappa shape index (κ1) is 51.0. The van der Waals surface area contributed by atoms with Gasteiger partial charge in [0.2, 0.25) is 5.79 Å². The summed E-state index contributed by atoms with van der Waals surface area (Å²) in [6.07, 6.45) is 0.336. The highest BCUT2D eigenvalue weighted by Gasteiger charge is 2.57. The van der Waals surface area contributed by atoms with E-state index < -0.39 is 96.0 Å². The number of ketones is 2. The van der Waals surface area contributed by atoms with Crippen molar-refractivity contribution in [3.05, 3.63) is 23.3 Å². The van der Waals surface area contributed by atoms with Gasteiger partial charge in [-0.2, -0.15) is 0 Å². The normalized spacial score (nSPS) is 40.9. The molecule has 4 rings (SSSR count). The summed E-state index contributed by atoms with van der Waals surface area (Å²) in [6.45, 7) is 12.5. The van der Waals surface area contributed by atoms with Crippen molar-refractivity contribution in [3.8, 4) is 0 Å². The smallest absolute Gasteiger partial charge is 0.329 e. The van der Waals surface area contributed by atoms with Gasteiger partial charge in [-0.1, -0.05) is 39.8 Å². The van der Waals surface area contributed by atoms with Crippen LogP contribution < -0.4 is 5.32 Å². The first-order valence-electron chi connectivity index (χ1n) is 22.5. The number of aliphatic hydroxyl groups is 3. The molecular weight excluding hydrogens is 792 g/mol. The van der Waals surface area contributed by atoms with Crippen LogP contribution in [0.5, 0.6) is 0 Å². The van der Waals surface area contributed by atoms with Crippen LogP contribution in [-0.2, 0) is 42.9 Å². The number of rotatable bonds is 9. The molecular formula is C46H75FN2O12. The Morgan fingerprint density at radius 2 is 1.67 bits per heavy atom. The number of ether oxygens (including phenoxy) is 5. The lowest BCUT2D eigenvalue weighted by molar-refractivity contribution is -0.302. The van der Waals surface area contributed by atoms with Gasteiger partial charge >= 0.3 is 5.97 Å². The van der Waals surface area contributed by atoms with E-state index >= 15 is 4.39 Å². The minimum absolute atomic E-state index is 0.0147. The number of esters is 1. The molecule has 14 nitrogen and oxygen atoms in total. The molecule has 348 valence electrons. The van der Waals surface area contributed by atoms with Crippen LogP contribution >= 0.6 is 0 Å². The number of carbonyl (C=O) groups is 4. The van der Waals surface area contributed by atoms with E-state index in [9.17, 15) is 34.5 Å². The van der Waals surface area contributed by atoms with E-state index in [-0.39, 0.29) is 56.1 Å². The number of cyclic esters (lactones) is 1. The number of amides is 1. The van der Waals surface area contributed by atoms with Crippen LogP contribution in [0.1, 0.15) is 113 Å². The molecule has 0 aromatic heterocycles. The Hall–Kier alpha value is -2.63. The number of alkyl halides is 1. The molecule has 3 heterocycles. The average molecular weight is 867 g/mol. The number of fused-ring (bicyclic) bond motifs is 3. The van der Waals surface area contributed by atoms with Crippen LogP contribution in [0.2, 0.25) is 0 Å². The Kier molecular flexibility index (Phi) is 19.1. The summed E-state index contributed by atoms with van der Waals surface area (Å²) >= 11 is 0. The van der Waals surface area contributed by atoms with E-state index in [1.807, 2.05) is 19.9 Å². The molecule has 0 radical (unpaired) electrons. The third kappa shape index (κ3) is 12.3. The molecule has 2 saturated heterocycles. The van der Waals surface area contributed by atoms with Gasteiger partial charge in [0.1, 0.15) is 30.2 Å². The number of hydrogen-bond acceptors (Lipinski definition) is 13. The maximum absolute atomic E-state index is 16.3. The first-order chi connectivity index (χ1) is 28.8. The number of Topliss-reactive ketones (excluding diaryl/α,β-unsaturated/α-hetero) is 2. The first-order valence-corrected chi connectivity index (χ1v) is 22.5. The zero-order valence-corrected chi connectivity index (χ0v) is 38.1. The van der Waals surface area contributed by atoms with Gasteiger partial charge in [0, 0.05) is 64.6 Å². The topological polar surface area (TPSA) is 190 Å². The van der Waals surface area contributed by atoms with Crippen LogP contribution in [0.3, 0.4) is 0 Å². The van der Waals surface area contributed by atoms with Crippen LogP contribution in [0.25, 0.3) is 0 Å². The number of methoxy groups -OCH3 is 3. The van der Waals surface area contributed by atoms with E-state index in [4.69, 9.17) is 23.7 Å². The lowest BCUT2D eigenvalue weighted by Crippen LogP contribution is -2.64. The van der Waals surface area contributed by atoms with Crippen LogP contribution in [-0.4, -0.2) is 145 Å². The Balaban J connectivity index is 1.76. The molecule has 4 aliphatic rings. The highest BCUT2D eigenvalue weighted by atomic mass is 19.1. The summed E-state index contributed by atoms with van der Waals surface area (Å²) in [5.74, 6) is -9.02. The molecule has 15 heteroatoms. The van der Waals surface area contributed by atoms with E-state index in [1.54, 1.807) is 47.8 Å². The third-order valence-electron chi connectivity index (χ3n) is 13.8. The number of nitrogens with one attached hydrogen (secondary N) is 1. The summed E-state index contributed by atoms with van der Waals surface area (Å²) in [5, 5.41) is 37.0. The van der Waals surface area contributed by atoms with Crippen molar-refractivity contribution in [3.63, 3.8) is 0 Å². The molecule has 61 heavy (non-hydrogen) atoms. The second-order valence-electron chi connectivity index (χ2n) is 18.4. The molecule has 2 bridgehead atoms. The van der Waals surface area contributed by atoms with Gasteiger partial charge in [0.15, 0.2) is 0 Å². The molecule has 16 atom stereocenters. The Morgan fingerprint density at radius 1 is 1.02 bits per heavy atom. The average Bonchev–Trinajstić information content (AvgIpc) is 3.24. The standard InChI is InChI=1S/C46H75FN2O12/c1-11-32-19-25(2)40(47)26(3)20-38(58-9)42-39(59-10)21-28(5)46(56,61-42)43(53)44(54)49-17-13-12-14-34(49)45(55)60-41(30(7)35(51)23-36(32)52)27(4)18-31-15-16-33(37(22-31)57-8)48-24-29(6)50/h18-19,26,28-35,37-42,48,50-51,56H,11-17,20-24H2,1-10H3/b25-19+,27-18?. The predicted molar refractivity (Wildman–Crippen MR) is 226 cm³/mol. The zero-order chi connectivity index (χ0) is 45.3. The van der Waals surface area contributed by atoms with E-state index in [2.05, 4.69) is 5.32 Å². The van der Waals surface area contributed by atoms with Gasteiger partial charge in [0.05, 0.1) is 30.5 Å². The molecule has 1 saturated carbocycles. The van der Waals surface area contributed by atoms with Gasteiger partial charge in [-0.25, -0.2) is 9.18 Å². The highest BCUT2D eigenvalue weighted by molar-refractivity contribution is 6.39. The molecule has 4 N–H and O–H groups in total. The van der Waals surface area contributed by atoms with E-state index in [0.29, 0.717) is 43.4 Å². The number of carbonyl (C=O) groups excluding carboxylic acids is 4. The highest BCUT2D eigenvalue weighted by Crippen LogP contribution is 2.39. The molecule has 3 aliphatic heterocycles. The molecule has 3 fully saturated rings. The monoisotopic (exact) mass is 867 g/mol. The van der Waals surface area contributed by atoms with Crippen molar-refractivity contribution in [2.75, 3.05) is 34.4 Å². The number of hydrogen-bond donors (Lipinski definition) is 4. The lowest BCUT2D eigenvalue weighted by atomic mass is 9.80. The quantitative estimate of drug-likeness (QED) is 0.145. The summed E-state index contributed by atoms with van der Waals surface area (Å²) in [4.78, 5) is 58.0. The molecule has 0 aromatic carbocycles. The van der Waals surface area contributed by atoms with Crippen LogP contribution in [0.15, 0.2) is 23.3 Å². The molecule has 0 aromatic rings. The van der Waals surface area contributed by atoms with Gasteiger partial charge in [-0.15, -0.1) is 0 Å². The molecule has 16 unspecified atom stereocenters. The summed E-state index contributed by atoms with van der Waals surface area (Å²) < 4.78 is 46.1. The van der Waals surface area contributed by atoms with Gasteiger partial charge in [-0.3, -0.25) is 14.4 Å². The van der Waals surface area contributed by atoms with Crippen LogP contribution in [0.4, 0.5) is 4.39 Å². The predicted octanol–water partition coefficient (Wildman–Crippen LogP) is 4.40. The Bertz CT molecular complexity index is 1560. The Morgan fingerprint density at radius 3 is 2.30 bits per heavy atom. The molecule has 1 aliphatic carbocycles. The number of nitrogens with zero attached hydrogens (tertiary/aromatic N) is 1. The fraction of sp³-hybridized carbons (Fsp3) is 0.826. The van der Waals surface area contributed by atoms with Crippen LogP contribution in [0, 0.1) is 29.6 Å². The zero-order valence-electron chi connectivity index (χ0n) is 38.1. The number of aliphatic hydroxyl groups excluding tert-OH is 2. The van der Waals surface area contributed by atoms with Gasteiger partial charge in [-0.05, 0) is 102 Å². The summed E-state index contributed by atoms with van der Waals surface area (Å²) in [6, 6.07) is -1.14. The fourth-order valence-corrected chi connectivity index (χ4v) is 9.87. The van der Waals surface area contributed by atoms with Crippen molar-refractivity contribution >= 4 is 23.4 Å². The minimum atomic E-state index is -2.60. The second kappa shape index (κ2) is 22.8. The van der Waals surface area contributed by atoms with Crippen molar-refractivity contribution in [1.82, 2.24) is 10.2 Å². The SMILES string of the molecule is CCC1/C=C(\C)C(F)C(C)CC(OC)C2OC(O)(C(=O)C(=O)N3CCCCC3C(=O)OC(C(C)=CC3CCC(NCC(C)O)C(OC)C3)C(C)C(O)CC1=O)C(C)CC2OC. The fourth-order valence-electron chi connectivity index (χ4n) is 9.87. The van der Waals surface area contributed by atoms with Crippen molar-refractivity contribution in [1.29, 1.82) is 0 Å². The summed E-state index contributed by atoms with van der Waals surface area (Å²) in [5.41, 5.74) is 0.982. The maximum atomic E-state index is 16.3. The summed E-state index contributed by atoms with van der Waals surface area (Å²) in [7, 11) is 4.53.